The number of aromatic amines is 1. The van der Waals surface area contributed by atoms with E-state index < -0.39 is 5.91 Å². The quantitative estimate of drug-likeness (QED) is 0.661. The van der Waals surface area contributed by atoms with Gasteiger partial charge in [0.25, 0.3) is 5.91 Å². The van der Waals surface area contributed by atoms with E-state index in [0.29, 0.717) is 0 Å². The Kier molecular flexibility index (Phi) is 2.94. The van der Waals surface area contributed by atoms with Gasteiger partial charge in [-0.05, 0) is 6.07 Å². The van der Waals surface area contributed by atoms with E-state index in [1.54, 1.807) is 6.20 Å². The normalized spacial score (nSPS) is 8.00. The summed E-state index contributed by atoms with van der Waals surface area (Å²) in [7, 11) is 0. The Bertz CT molecular complexity index is 184. The summed E-state index contributed by atoms with van der Waals surface area (Å²) in [5.41, 5.74) is 5.11. The zero-order chi connectivity index (χ0) is 5.98. The molecule has 0 fully saturated rings. The van der Waals surface area contributed by atoms with Gasteiger partial charge in [0.1, 0.15) is 5.69 Å². The first kappa shape index (κ1) is 8.16. The van der Waals surface area contributed by atoms with Crippen molar-refractivity contribution in [3.8, 4) is 0 Å². The Morgan fingerprint density at radius 1 is 1.78 bits per heavy atom. The summed E-state index contributed by atoms with van der Waals surface area (Å²) in [5, 5.41) is 5.98. The van der Waals surface area contributed by atoms with Crippen molar-refractivity contribution in [2.24, 2.45) is 5.73 Å². The van der Waals surface area contributed by atoms with E-state index in [1.807, 2.05) is 0 Å². The Labute approximate surface area is 62.2 Å². The molecule has 0 aliphatic heterocycles. The maximum Gasteiger partial charge on any atom is 0.269 e. The molecule has 1 heterocycles. The highest BCUT2D eigenvalue weighted by atomic mass is 79.9. The number of rotatable bonds is 1. The van der Waals surface area contributed by atoms with Crippen LogP contribution in [0.5, 0.6) is 0 Å². The van der Waals surface area contributed by atoms with Crippen molar-refractivity contribution >= 4 is 22.9 Å². The van der Waals surface area contributed by atoms with Gasteiger partial charge in [0.05, 0.1) is 0 Å². The molecule has 0 spiro atoms. The molecule has 1 aromatic heterocycles. The monoisotopic (exact) mass is 191 g/mol. The number of amides is 1. The lowest BCUT2D eigenvalue weighted by atomic mass is 10.4. The Morgan fingerprint density at radius 3 is 2.67 bits per heavy atom. The molecule has 4 nitrogen and oxygen atoms in total. The summed E-state index contributed by atoms with van der Waals surface area (Å²) in [6.45, 7) is 0. The van der Waals surface area contributed by atoms with Crippen LogP contribution in [-0.2, 0) is 0 Å². The zero-order valence-corrected chi connectivity index (χ0v) is 6.21. The maximum atomic E-state index is 10.2. The van der Waals surface area contributed by atoms with E-state index in [9.17, 15) is 4.79 Å². The second-order valence-corrected chi connectivity index (χ2v) is 1.32. The molecule has 0 aromatic carbocycles. The SMILES string of the molecule is Br.NC(=O)c1cc[nH]n1. The van der Waals surface area contributed by atoms with Crippen molar-refractivity contribution in [1.29, 1.82) is 0 Å². The maximum absolute atomic E-state index is 10.2. The van der Waals surface area contributed by atoms with Crippen LogP contribution in [0.15, 0.2) is 12.3 Å². The molecule has 0 aliphatic rings. The fourth-order valence-corrected chi connectivity index (χ4v) is 0.398. The summed E-state index contributed by atoms with van der Waals surface area (Å²) in [6.07, 6.45) is 1.54. The molecule has 0 bridgehead atoms. The molecule has 0 radical (unpaired) electrons. The third-order valence-corrected chi connectivity index (χ3v) is 0.753. The van der Waals surface area contributed by atoms with Crippen LogP contribution < -0.4 is 5.73 Å². The van der Waals surface area contributed by atoms with Crippen molar-refractivity contribution in [2.45, 2.75) is 0 Å². The van der Waals surface area contributed by atoms with E-state index in [2.05, 4.69) is 10.2 Å². The molecule has 50 valence electrons. The first-order valence-corrected chi connectivity index (χ1v) is 2.10. The van der Waals surface area contributed by atoms with Crippen molar-refractivity contribution in [3.63, 3.8) is 0 Å². The highest BCUT2D eigenvalue weighted by Gasteiger charge is 1.97. The van der Waals surface area contributed by atoms with Crippen LogP contribution in [0.25, 0.3) is 0 Å². The van der Waals surface area contributed by atoms with Crippen LogP contribution in [-0.4, -0.2) is 16.1 Å². The van der Waals surface area contributed by atoms with Gasteiger partial charge in [0.2, 0.25) is 0 Å². The number of H-pyrrole nitrogens is 1. The van der Waals surface area contributed by atoms with Crippen LogP contribution in [0.3, 0.4) is 0 Å². The van der Waals surface area contributed by atoms with Crippen molar-refractivity contribution < 1.29 is 4.79 Å². The first-order chi connectivity index (χ1) is 3.80. The number of aromatic nitrogens is 2. The topological polar surface area (TPSA) is 71.8 Å². The Hall–Kier alpha value is -0.840. The number of hydrogen-bond acceptors (Lipinski definition) is 2. The van der Waals surface area contributed by atoms with E-state index in [-0.39, 0.29) is 22.7 Å². The van der Waals surface area contributed by atoms with Gasteiger partial charge in [-0.15, -0.1) is 17.0 Å². The molecule has 0 aliphatic carbocycles. The summed E-state index contributed by atoms with van der Waals surface area (Å²) < 4.78 is 0. The summed E-state index contributed by atoms with van der Waals surface area (Å²) in [4.78, 5) is 10.2. The first-order valence-electron chi connectivity index (χ1n) is 2.10. The molecular formula is C4H6BrN3O. The van der Waals surface area contributed by atoms with Crippen LogP contribution >= 0.6 is 17.0 Å². The fourth-order valence-electron chi connectivity index (χ4n) is 0.398. The molecule has 0 unspecified atom stereocenters. The van der Waals surface area contributed by atoms with Crippen molar-refractivity contribution in [3.05, 3.63) is 18.0 Å². The van der Waals surface area contributed by atoms with E-state index in [0.717, 1.165) is 0 Å². The number of carbonyl (C=O) groups is 1. The zero-order valence-electron chi connectivity index (χ0n) is 4.50. The molecule has 0 saturated carbocycles. The van der Waals surface area contributed by atoms with E-state index in [1.165, 1.54) is 6.07 Å². The third-order valence-electron chi connectivity index (χ3n) is 0.753. The number of nitrogens with zero attached hydrogens (tertiary/aromatic N) is 1. The lowest BCUT2D eigenvalue weighted by Gasteiger charge is -1.78. The molecule has 9 heavy (non-hydrogen) atoms. The Balaban J connectivity index is 0.000000640. The van der Waals surface area contributed by atoms with Crippen molar-refractivity contribution in [1.82, 2.24) is 10.2 Å². The summed E-state index contributed by atoms with van der Waals surface area (Å²) >= 11 is 0. The van der Waals surface area contributed by atoms with Crippen LogP contribution in [0.1, 0.15) is 10.5 Å². The van der Waals surface area contributed by atoms with Gasteiger partial charge in [-0.2, -0.15) is 5.10 Å². The second kappa shape index (κ2) is 3.24. The lowest BCUT2D eigenvalue weighted by Crippen LogP contribution is -2.10. The van der Waals surface area contributed by atoms with Crippen LogP contribution in [0.4, 0.5) is 0 Å². The molecule has 1 rings (SSSR count). The molecule has 1 aromatic rings. The number of nitrogens with two attached hydrogens (primary N) is 1. The number of carbonyl (C=O) groups excluding carboxylic acids is 1. The molecule has 0 saturated heterocycles. The van der Waals surface area contributed by atoms with Gasteiger partial charge in [-0.3, -0.25) is 9.89 Å². The largest absolute Gasteiger partial charge is 0.364 e. The standard InChI is InChI=1S/C4H5N3O.BrH/c5-4(8)3-1-2-6-7-3;/h1-2H,(H2,5,8)(H,6,7);1H. The summed E-state index contributed by atoms with van der Waals surface area (Å²) in [5.74, 6) is -0.508. The minimum atomic E-state index is -0.508. The van der Waals surface area contributed by atoms with Gasteiger partial charge in [-0.1, -0.05) is 0 Å². The number of primary amides is 1. The van der Waals surface area contributed by atoms with Crippen LogP contribution in [0.2, 0.25) is 0 Å². The smallest absolute Gasteiger partial charge is 0.269 e. The average Bonchev–Trinajstić information content (AvgIpc) is 2.12. The molecular weight excluding hydrogens is 186 g/mol. The Morgan fingerprint density at radius 2 is 2.44 bits per heavy atom. The number of hydrogen-bond donors (Lipinski definition) is 2. The van der Waals surface area contributed by atoms with Crippen molar-refractivity contribution in [2.75, 3.05) is 0 Å². The van der Waals surface area contributed by atoms with Gasteiger partial charge in [0.15, 0.2) is 0 Å². The molecule has 3 N–H and O–H groups in total. The average molecular weight is 192 g/mol. The third kappa shape index (κ3) is 1.85. The van der Waals surface area contributed by atoms with E-state index in [4.69, 9.17) is 5.73 Å². The van der Waals surface area contributed by atoms with Gasteiger partial charge in [-0.25, -0.2) is 0 Å². The minimum absolute atomic E-state index is 0. The van der Waals surface area contributed by atoms with Crippen LogP contribution in [0, 0.1) is 0 Å². The second-order valence-electron chi connectivity index (χ2n) is 1.32. The van der Waals surface area contributed by atoms with Gasteiger partial charge in [0, 0.05) is 6.20 Å². The lowest BCUT2D eigenvalue weighted by molar-refractivity contribution is 0.0995. The van der Waals surface area contributed by atoms with Gasteiger partial charge >= 0.3 is 0 Å². The number of halogens is 1. The predicted octanol–water partition coefficient (Wildman–Crippen LogP) is 0.0865. The minimum Gasteiger partial charge on any atom is -0.364 e. The molecule has 1 amide bonds. The molecule has 5 heteroatoms. The molecule has 0 atom stereocenters. The van der Waals surface area contributed by atoms with E-state index >= 15 is 0 Å². The highest BCUT2D eigenvalue weighted by Crippen LogP contribution is 1.85. The van der Waals surface area contributed by atoms with Gasteiger partial charge < -0.3 is 5.73 Å². The summed E-state index contributed by atoms with van der Waals surface area (Å²) in [6, 6.07) is 1.52. The fraction of sp³-hybridized carbons (Fsp3) is 0. The highest BCUT2D eigenvalue weighted by molar-refractivity contribution is 8.93. The predicted molar refractivity (Wildman–Crippen MR) is 37.4 cm³/mol. The number of nitrogens with one attached hydrogen (secondary N) is 1.